The second-order valence-corrected chi connectivity index (χ2v) is 5.51. The lowest BCUT2D eigenvalue weighted by atomic mass is 10.1. The molecule has 0 bridgehead atoms. The van der Waals surface area contributed by atoms with Gasteiger partial charge in [-0.1, -0.05) is 0 Å². The molecule has 3 nitrogen and oxygen atoms in total. The highest BCUT2D eigenvalue weighted by Gasteiger charge is 2.36. The molecule has 1 saturated heterocycles. The zero-order valence-corrected chi connectivity index (χ0v) is 10.7. The van der Waals surface area contributed by atoms with Crippen LogP contribution >= 0.6 is 0 Å². The Morgan fingerprint density at radius 1 is 1.35 bits per heavy atom. The lowest BCUT2D eigenvalue weighted by Gasteiger charge is -2.40. The summed E-state index contributed by atoms with van der Waals surface area (Å²) in [6.45, 7) is 6.56. The number of nitrogens with one attached hydrogen (secondary N) is 1. The molecule has 2 atom stereocenters. The number of nitrogens with zero attached hydrogens (tertiary/aromatic N) is 2. The summed E-state index contributed by atoms with van der Waals surface area (Å²) >= 11 is 0. The largest absolute Gasteiger partial charge is 0.365 e. The minimum Gasteiger partial charge on any atom is -0.365 e. The SMILES string of the molecule is Cc1ccc(N2CC(C3CC3)NCC2C)cn1. The molecule has 1 aromatic rings. The molecule has 17 heavy (non-hydrogen) atoms. The molecule has 1 saturated carbocycles. The van der Waals surface area contributed by atoms with Crippen LogP contribution in [0.3, 0.4) is 0 Å². The van der Waals surface area contributed by atoms with Gasteiger partial charge in [-0.15, -0.1) is 0 Å². The van der Waals surface area contributed by atoms with Gasteiger partial charge < -0.3 is 10.2 Å². The van der Waals surface area contributed by atoms with Gasteiger partial charge in [-0.05, 0) is 44.7 Å². The first-order valence-electron chi connectivity index (χ1n) is 6.67. The molecule has 1 N–H and O–H groups in total. The van der Waals surface area contributed by atoms with E-state index in [9.17, 15) is 0 Å². The van der Waals surface area contributed by atoms with Gasteiger partial charge in [0.2, 0.25) is 0 Å². The van der Waals surface area contributed by atoms with E-state index in [1.54, 1.807) is 0 Å². The van der Waals surface area contributed by atoms with Gasteiger partial charge in [0.15, 0.2) is 0 Å². The van der Waals surface area contributed by atoms with Crippen molar-refractivity contribution in [1.29, 1.82) is 0 Å². The third-order valence-electron chi connectivity index (χ3n) is 4.02. The van der Waals surface area contributed by atoms with Crippen molar-refractivity contribution in [3.8, 4) is 0 Å². The number of piperazine rings is 1. The lowest BCUT2D eigenvalue weighted by Crippen LogP contribution is -2.56. The Bertz CT molecular complexity index is 383. The Balaban J connectivity index is 1.76. The van der Waals surface area contributed by atoms with Crippen molar-refractivity contribution in [3.05, 3.63) is 24.0 Å². The van der Waals surface area contributed by atoms with Gasteiger partial charge >= 0.3 is 0 Å². The van der Waals surface area contributed by atoms with E-state index in [1.165, 1.54) is 18.5 Å². The first kappa shape index (κ1) is 11.0. The maximum Gasteiger partial charge on any atom is 0.0556 e. The summed E-state index contributed by atoms with van der Waals surface area (Å²) < 4.78 is 0. The topological polar surface area (TPSA) is 28.2 Å². The van der Waals surface area contributed by atoms with Gasteiger partial charge in [0.1, 0.15) is 0 Å². The van der Waals surface area contributed by atoms with E-state index in [4.69, 9.17) is 0 Å². The van der Waals surface area contributed by atoms with Crippen molar-refractivity contribution in [3.63, 3.8) is 0 Å². The summed E-state index contributed by atoms with van der Waals surface area (Å²) in [5.41, 5.74) is 2.37. The summed E-state index contributed by atoms with van der Waals surface area (Å²) in [5, 5.41) is 3.68. The fourth-order valence-corrected chi connectivity index (χ4v) is 2.69. The number of aromatic nitrogens is 1. The van der Waals surface area contributed by atoms with Crippen molar-refractivity contribution >= 4 is 5.69 Å². The zero-order valence-electron chi connectivity index (χ0n) is 10.7. The first-order valence-corrected chi connectivity index (χ1v) is 6.67. The molecule has 0 amide bonds. The number of hydrogen-bond acceptors (Lipinski definition) is 3. The van der Waals surface area contributed by atoms with Crippen LogP contribution < -0.4 is 10.2 Å². The van der Waals surface area contributed by atoms with Gasteiger partial charge in [0.05, 0.1) is 11.9 Å². The summed E-state index contributed by atoms with van der Waals surface area (Å²) in [6.07, 6.45) is 4.83. The molecule has 0 radical (unpaired) electrons. The van der Waals surface area contributed by atoms with Crippen molar-refractivity contribution in [2.24, 2.45) is 5.92 Å². The van der Waals surface area contributed by atoms with Gasteiger partial charge in [-0.25, -0.2) is 0 Å². The quantitative estimate of drug-likeness (QED) is 0.843. The van der Waals surface area contributed by atoms with Crippen LogP contribution in [0.5, 0.6) is 0 Å². The zero-order chi connectivity index (χ0) is 11.8. The Labute approximate surface area is 103 Å². The van der Waals surface area contributed by atoms with Crippen LogP contribution in [0, 0.1) is 12.8 Å². The van der Waals surface area contributed by atoms with Crippen LogP contribution in [0.15, 0.2) is 18.3 Å². The van der Waals surface area contributed by atoms with E-state index in [2.05, 4.69) is 34.3 Å². The Morgan fingerprint density at radius 3 is 2.82 bits per heavy atom. The second-order valence-electron chi connectivity index (χ2n) is 5.51. The second kappa shape index (κ2) is 4.30. The smallest absolute Gasteiger partial charge is 0.0556 e. The predicted molar refractivity (Wildman–Crippen MR) is 70.3 cm³/mol. The maximum atomic E-state index is 4.41. The number of anilines is 1. The first-order chi connectivity index (χ1) is 8.24. The lowest BCUT2D eigenvalue weighted by molar-refractivity contribution is 0.376. The predicted octanol–water partition coefficient (Wildman–Crippen LogP) is 1.97. The average Bonchev–Trinajstić information content (AvgIpc) is 3.15. The third kappa shape index (κ3) is 2.29. The molecule has 0 aromatic carbocycles. The molecular formula is C14H21N3. The van der Waals surface area contributed by atoms with Crippen LogP contribution in [-0.4, -0.2) is 30.2 Å². The number of pyridine rings is 1. The number of aryl methyl sites for hydroxylation is 1. The van der Waals surface area contributed by atoms with E-state index in [-0.39, 0.29) is 0 Å². The molecule has 3 rings (SSSR count). The van der Waals surface area contributed by atoms with Crippen molar-refractivity contribution in [1.82, 2.24) is 10.3 Å². The van der Waals surface area contributed by atoms with Gasteiger partial charge in [-0.3, -0.25) is 4.98 Å². The maximum absolute atomic E-state index is 4.41. The monoisotopic (exact) mass is 231 g/mol. The van der Waals surface area contributed by atoms with Crippen LogP contribution in [0.1, 0.15) is 25.5 Å². The molecule has 3 heteroatoms. The fraction of sp³-hybridized carbons (Fsp3) is 0.643. The van der Waals surface area contributed by atoms with Crippen LogP contribution in [0.4, 0.5) is 5.69 Å². The highest BCUT2D eigenvalue weighted by Crippen LogP contribution is 2.35. The molecule has 1 aliphatic heterocycles. The van der Waals surface area contributed by atoms with Gasteiger partial charge in [0, 0.05) is 30.9 Å². The molecule has 1 aromatic heterocycles. The normalized spacial score (nSPS) is 29.4. The summed E-state index contributed by atoms with van der Waals surface area (Å²) in [4.78, 5) is 6.92. The molecule has 92 valence electrons. The van der Waals surface area contributed by atoms with Crippen LogP contribution in [-0.2, 0) is 0 Å². The molecule has 0 spiro atoms. The fourth-order valence-electron chi connectivity index (χ4n) is 2.69. The molecule has 1 aliphatic carbocycles. The van der Waals surface area contributed by atoms with Crippen LogP contribution in [0.2, 0.25) is 0 Å². The molecule has 2 aliphatic rings. The summed E-state index contributed by atoms with van der Waals surface area (Å²) in [7, 11) is 0. The molecular weight excluding hydrogens is 210 g/mol. The summed E-state index contributed by atoms with van der Waals surface area (Å²) in [5.74, 6) is 0.920. The highest BCUT2D eigenvalue weighted by atomic mass is 15.2. The summed E-state index contributed by atoms with van der Waals surface area (Å²) in [6, 6.07) is 5.56. The number of rotatable bonds is 2. The third-order valence-corrected chi connectivity index (χ3v) is 4.02. The van der Waals surface area contributed by atoms with E-state index in [1.807, 2.05) is 13.1 Å². The van der Waals surface area contributed by atoms with E-state index >= 15 is 0 Å². The van der Waals surface area contributed by atoms with E-state index in [0.717, 1.165) is 24.7 Å². The van der Waals surface area contributed by atoms with Gasteiger partial charge in [-0.2, -0.15) is 0 Å². The minimum absolute atomic E-state index is 0.564. The molecule has 2 fully saturated rings. The van der Waals surface area contributed by atoms with Crippen molar-refractivity contribution in [2.45, 2.75) is 38.8 Å². The average molecular weight is 231 g/mol. The standard InChI is InChI=1S/C14H21N3/c1-10-3-6-13(8-15-10)17-9-14(12-4-5-12)16-7-11(17)2/h3,6,8,11-12,14,16H,4-5,7,9H2,1-2H3. The number of hydrogen-bond donors (Lipinski definition) is 1. The van der Waals surface area contributed by atoms with E-state index < -0.39 is 0 Å². The minimum atomic E-state index is 0.564. The van der Waals surface area contributed by atoms with Crippen molar-refractivity contribution in [2.75, 3.05) is 18.0 Å². The van der Waals surface area contributed by atoms with E-state index in [0.29, 0.717) is 12.1 Å². The Morgan fingerprint density at radius 2 is 2.18 bits per heavy atom. The Kier molecular flexibility index (Phi) is 2.79. The van der Waals surface area contributed by atoms with Crippen LogP contribution in [0.25, 0.3) is 0 Å². The van der Waals surface area contributed by atoms with Crippen molar-refractivity contribution < 1.29 is 0 Å². The highest BCUT2D eigenvalue weighted by molar-refractivity contribution is 5.46. The molecule has 2 heterocycles. The molecule has 2 unspecified atom stereocenters. The van der Waals surface area contributed by atoms with Gasteiger partial charge in [0.25, 0.3) is 0 Å². The Hall–Kier alpha value is -1.09.